The van der Waals surface area contributed by atoms with Gasteiger partial charge < -0.3 is 15.5 Å². The van der Waals surface area contributed by atoms with Crippen LogP contribution in [0.1, 0.15) is 25.0 Å². The van der Waals surface area contributed by atoms with Crippen LogP contribution in [0.2, 0.25) is 0 Å². The Morgan fingerprint density at radius 2 is 1.79 bits per heavy atom. The molecule has 0 aliphatic carbocycles. The van der Waals surface area contributed by atoms with E-state index in [1.165, 1.54) is 5.69 Å². The van der Waals surface area contributed by atoms with Crippen LogP contribution in [0.15, 0.2) is 48.7 Å². The molecule has 4 nitrogen and oxygen atoms in total. The molecular formula is C20H23N3O. The zero-order valence-corrected chi connectivity index (χ0v) is 14.4. The number of hydrogen-bond donors (Lipinski definition) is 2. The predicted octanol–water partition coefficient (Wildman–Crippen LogP) is 4.25. The van der Waals surface area contributed by atoms with Crippen molar-refractivity contribution in [2.24, 2.45) is 0 Å². The third-order valence-electron chi connectivity index (χ3n) is 4.41. The van der Waals surface area contributed by atoms with E-state index >= 15 is 0 Å². The van der Waals surface area contributed by atoms with Gasteiger partial charge in [0.25, 0.3) is 5.91 Å². The van der Waals surface area contributed by atoms with E-state index in [1.807, 2.05) is 37.3 Å². The van der Waals surface area contributed by atoms with Gasteiger partial charge in [0.15, 0.2) is 0 Å². The van der Waals surface area contributed by atoms with Crippen LogP contribution in [0.25, 0.3) is 5.57 Å². The van der Waals surface area contributed by atoms with Crippen molar-refractivity contribution in [1.82, 2.24) is 0 Å². The predicted molar refractivity (Wildman–Crippen MR) is 101 cm³/mol. The summed E-state index contributed by atoms with van der Waals surface area (Å²) in [5, 5.41) is 6.16. The van der Waals surface area contributed by atoms with Crippen molar-refractivity contribution in [3.05, 3.63) is 59.8 Å². The number of hydrogen-bond acceptors (Lipinski definition) is 3. The number of nitrogens with zero attached hydrogens (tertiary/aromatic N) is 1. The highest BCUT2D eigenvalue weighted by Gasteiger charge is 2.25. The van der Waals surface area contributed by atoms with Crippen molar-refractivity contribution in [1.29, 1.82) is 0 Å². The van der Waals surface area contributed by atoms with Gasteiger partial charge in [-0.15, -0.1) is 0 Å². The SMILES string of the molecule is CCN(CC)c1ccc(N/C=C2/C(=O)Nc3cccc(C)c32)cc1. The lowest BCUT2D eigenvalue weighted by atomic mass is 10.0. The molecule has 1 aliphatic heterocycles. The van der Waals surface area contributed by atoms with Gasteiger partial charge >= 0.3 is 0 Å². The molecule has 0 aromatic heterocycles. The molecule has 3 rings (SSSR count). The Kier molecular flexibility index (Phi) is 4.56. The molecule has 0 radical (unpaired) electrons. The Hall–Kier alpha value is -2.75. The summed E-state index contributed by atoms with van der Waals surface area (Å²) >= 11 is 0. The first-order valence-electron chi connectivity index (χ1n) is 8.37. The third kappa shape index (κ3) is 3.00. The summed E-state index contributed by atoms with van der Waals surface area (Å²) in [6.07, 6.45) is 1.79. The normalized spacial score (nSPS) is 14.5. The van der Waals surface area contributed by atoms with Gasteiger partial charge in [-0.1, -0.05) is 12.1 Å². The highest BCUT2D eigenvalue weighted by atomic mass is 16.2. The minimum atomic E-state index is -0.0634. The molecule has 24 heavy (non-hydrogen) atoms. The maximum absolute atomic E-state index is 12.2. The number of anilines is 3. The Balaban J connectivity index is 1.81. The average molecular weight is 321 g/mol. The Bertz CT molecular complexity index is 774. The summed E-state index contributed by atoms with van der Waals surface area (Å²) in [5.74, 6) is -0.0634. The molecule has 4 heteroatoms. The van der Waals surface area contributed by atoms with E-state index in [2.05, 4.69) is 41.5 Å². The molecule has 0 atom stereocenters. The molecule has 0 fully saturated rings. The van der Waals surface area contributed by atoms with E-state index in [4.69, 9.17) is 0 Å². The monoisotopic (exact) mass is 321 g/mol. The quantitative estimate of drug-likeness (QED) is 0.809. The number of benzene rings is 2. The maximum atomic E-state index is 12.2. The standard InChI is InChI=1S/C20H23N3O/c1-4-23(5-2)16-11-9-15(10-12-16)21-13-17-19-14(3)7-6-8-18(19)22-20(17)24/h6-13,21H,4-5H2,1-3H3,(H,22,24)/b17-13+. The molecule has 2 aromatic carbocycles. The van der Waals surface area contributed by atoms with E-state index in [1.54, 1.807) is 6.20 Å². The molecule has 2 N–H and O–H groups in total. The van der Waals surface area contributed by atoms with Crippen molar-refractivity contribution < 1.29 is 4.79 Å². The molecule has 0 saturated heterocycles. The number of carbonyl (C=O) groups is 1. The molecule has 0 saturated carbocycles. The first-order valence-corrected chi connectivity index (χ1v) is 8.37. The maximum Gasteiger partial charge on any atom is 0.257 e. The molecule has 124 valence electrons. The van der Waals surface area contributed by atoms with Crippen LogP contribution in [0.3, 0.4) is 0 Å². The van der Waals surface area contributed by atoms with Gasteiger partial charge in [-0.25, -0.2) is 0 Å². The minimum Gasteiger partial charge on any atom is -0.372 e. The van der Waals surface area contributed by atoms with Crippen molar-refractivity contribution in [3.63, 3.8) is 0 Å². The van der Waals surface area contributed by atoms with E-state index in [9.17, 15) is 4.79 Å². The molecule has 0 bridgehead atoms. The summed E-state index contributed by atoms with van der Waals surface area (Å²) in [6, 6.07) is 14.2. The second-order valence-electron chi connectivity index (χ2n) is 5.87. The Morgan fingerprint density at radius 3 is 2.46 bits per heavy atom. The summed E-state index contributed by atoms with van der Waals surface area (Å²) in [6.45, 7) is 8.30. The minimum absolute atomic E-state index is 0.0634. The lowest BCUT2D eigenvalue weighted by Gasteiger charge is -2.21. The molecule has 0 unspecified atom stereocenters. The number of rotatable bonds is 5. The number of carbonyl (C=O) groups excluding carboxylic acids is 1. The van der Waals surface area contributed by atoms with E-state index in [-0.39, 0.29) is 5.91 Å². The summed E-state index contributed by atoms with van der Waals surface area (Å²) in [7, 11) is 0. The zero-order valence-electron chi connectivity index (χ0n) is 14.4. The Morgan fingerprint density at radius 1 is 1.08 bits per heavy atom. The summed E-state index contributed by atoms with van der Waals surface area (Å²) in [5.41, 5.74) is 5.80. The summed E-state index contributed by atoms with van der Waals surface area (Å²) in [4.78, 5) is 14.5. The molecular weight excluding hydrogens is 298 g/mol. The van der Waals surface area contributed by atoms with E-state index in [0.717, 1.165) is 35.6 Å². The van der Waals surface area contributed by atoms with Gasteiger partial charge in [-0.2, -0.15) is 0 Å². The largest absolute Gasteiger partial charge is 0.372 e. The molecule has 1 aliphatic rings. The van der Waals surface area contributed by atoms with E-state index < -0.39 is 0 Å². The van der Waals surface area contributed by atoms with Crippen LogP contribution in [0.4, 0.5) is 17.1 Å². The molecule has 1 heterocycles. The Labute approximate surface area is 143 Å². The summed E-state index contributed by atoms with van der Waals surface area (Å²) < 4.78 is 0. The van der Waals surface area contributed by atoms with Crippen LogP contribution >= 0.6 is 0 Å². The van der Waals surface area contributed by atoms with Crippen LogP contribution < -0.4 is 15.5 Å². The fraction of sp³-hybridized carbons (Fsp3) is 0.250. The topological polar surface area (TPSA) is 44.4 Å². The van der Waals surface area contributed by atoms with Crippen LogP contribution in [-0.4, -0.2) is 19.0 Å². The lowest BCUT2D eigenvalue weighted by Crippen LogP contribution is -2.21. The van der Waals surface area contributed by atoms with Crippen molar-refractivity contribution >= 4 is 28.5 Å². The van der Waals surface area contributed by atoms with Crippen molar-refractivity contribution in [2.75, 3.05) is 28.6 Å². The second kappa shape index (κ2) is 6.79. The lowest BCUT2D eigenvalue weighted by molar-refractivity contribution is -0.110. The van der Waals surface area contributed by atoms with Gasteiger partial charge in [-0.3, -0.25) is 4.79 Å². The van der Waals surface area contributed by atoms with Crippen LogP contribution in [-0.2, 0) is 4.79 Å². The van der Waals surface area contributed by atoms with Crippen molar-refractivity contribution in [3.8, 4) is 0 Å². The number of aryl methyl sites for hydroxylation is 1. The van der Waals surface area contributed by atoms with Crippen LogP contribution in [0, 0.1) is 6.92 Å². The number of nitrogens with one attached hydrogen (secondary N) is 2. The molecule has 1 amide bonds. The molecule has 2 aromatic rings. The first kappa shape index (κ1) is 16.1. The molecule has 0 spiro atoms. The zero-order chi connectivity index (χ0) is 17.1. The van der Waals surface area contributed by atoms with Gasteiger partial charge in [0.1, 0.15) is 0 Å². The third-order valence-corrected chi connectivity index (χ3v) is 4.41. The highest BCUT2D eigenvalue weighted by molar-refractivity contribution is 6.32. The van der Waals surface area contributed by atoms with Gasteiger partial charge in [0.2, 0.25) is 0 Å². The van der Waals surface area contributed by atoms with Gasteiger partial charge in [-0.05, 0) is 56.7 Å². The number of fused-ring (bicyclic) bond motifs is 1. The second-order valence-corrected chi connectivity index (χ2v) is 5.87. The smallest absolute Gasteiger partial charge is 0.257 e. The fourth-order valence-electron chi connectivity index (χ4n) is 3.08. The van der Waals surface area contributed by atoms with E-state index in [0.29, 0.717) is 5.57 Å². The number of amides is 1. The van der Waals surface area contributed by atoms with Gasteiger partial charge in [0, 0.05) is 41.9 Å². The van der Waals surface area contributed by atoms with Crippen molar-refractivity contribution in [2.45, 2.75) is 20.8 Å². The van der Waals surface area contributed by atoms with Gasteiger partial charge in [0.05, 0.1) is 5.57 Å². The average Bonchev–Trinajstić information content (AvgIpc) is 2.92. The first-order chi connectivity index (χ1) is 11.6. The fourth-order valence-corrected chi connectivity index (χ4v) is 3.08. The van der Waals surface area contributed by atoms with Crippen LogP contribution in [0.5, 0.6) is 0 Å². The highest BCUT2D eigenvalue weighted by Crippen LogP contribution is 2.34.